The van der Waals surface area contributed by atoms with Gasteiger partial charge in [0.1, 0.15) is 0 Å². The maximum Gasteiger partial charge on any atom is 0.314 e. The molecule has 0 unspecified atom stereocenters. The average molecular weight is 444 g/mol. The number of benzene rings is 2. The summed E-state index contributed by atoms with van der Waals surface area (Å²) in [5.41, 5.74) is 3.22. The van der Waals surface area contributed by atoms with Gasteiger partial charge in [-0.2, -0.15) is 0 Å². The molecule has 0 aliphatic carbocycles. The third-order valence-electron chi connectivity index (χ3n) is 4.56. The molecule has 0 atom stereocenters. The summed E-state index contributed by atoms with van der Waals surface area (Å²) in [4.78, 5) is 37.8. The molecular formula is C21H22BrN3O3. The van der Waals surface area contributed by atoms with Gasteiger partial charge in [0.2, 0.25) is 0 Å². The summed E-state index contributed by atoms with van der Waals surface area (Å²) in [6.45, 7) is 3.24. The molecule has 0 bridgehead atoms. The van der Waals surface area contributed by atoms with E-state index in [-0.39, 0.29) is 24.4 Å². The molecule has 0 saturated heterocycles. The van der Waals surface area contributed by atoms with Crippen LogP contribution in [0.4, 0.5) is 4.79 Å². The van der Waals surface area contributed by atoms with Crippen LogP contribution < -0.4 is 10.6 Å². The Morgan fingerprint density at radius 3 is 2.54 bits per heavy atom. The van der Waals surface area contributed by atoms with E-state index >= 15 is 0 Å². The first-order valence-corrected chi connectivity index (χ1v) is 9.98. The number of halogens is 1. The van der Waals surface area contributed by atoms with Crippen molar-refractivity contribution in [1.29, 1.82) is 0 Å². The van der Waals surface area contributed by atoms with Crippen molar-refractivity contribution in [3.8, 4) is 0 Å². The first kappa shape index (κ1) is 20.1. The zero-order chi connectivity index (χ0) is 20.1. The molecule has 2 N–H and O–H groups in total. The third-order valence-corrected chi connectivity index (χ3v) is 5.05. The maximum absolute atomic E-state index is 12.4. The van der Waals surface area contributed by atoms with Crippen molar-refractivity contribution in [2.45, 2.75) is 19.8 Å². The van der Waals surface area contributed by atoms with Gasteiger partial charge >= 0.3 is 6.03 Å². The van der Waals surface area contributed by atoms with Crippen molar-refractivity contribution in [2.75, 3.05) is 19.6 Å². The Morgan fingerprint density at radius 1 is 1.00 bits per heavy atom. The lowest BCUT2D eigenvalue weighted by molar-refractivity contribution is 0.0653. The fourth-order valence-electron chi connectivity index (χ4n) is 3.16. The van der Waals surface area contributed by atoms with Crippen molar-refractivity contribution in [3.05, 3.63) is 69.2 Å². The van der Waals surface area contributed by atoms with Crippen molar-refractivity contribution in [2.24, 2.45) is 0 Å². The molecule has 1 heterocycles. The Morgan fingerprint density at radius 2 is 1.75 bits per heavy atom. The van der Waals surface area contributed by atoms with Crippen LogP contribution in [0.3, 0.4) is 0 Å². The van der Waals surface area contributed by atoms with Gasteiger partial charge in [0.15, 0.2) is 0 Å². The molecule has 7 heteroatoms. The number of carbonyl (C=O) groups excluding carboxylic acids is 3. The Labute approximate surface area is 172 Å². The number of imide groups is 1. The Bertz CT molecular complexity index is 914. The summed E-state index contributed by atoms with van der Waals surface area (Å²) < 4.78 is 0.762. The van der Waals surface area contributed by atoms with Gasteiger partial charge in [0.25, 0.3) is 11.8 Å². The van der Waals surface area contributed by atoms with Gasteiger partial charge in [-0.05, 0) is 43.5 Å². The second-order valence-electron chi connectivity index (χ2n) is 6.73. The van der Waals surface area contributed by atoms with E-state index in [2.05, 4.69) is 32.6 Å². The lowest BCUT2D eigenvalue weighted by Crippen LogP contribution is -2.38. The molecule has 3 rings (SSSR count). The van der Waals surface area contributed by atoms with E-state index in [1.807, 2.05) is 25.1 Å². The number of nitrogens with one attached hydrogen (secondary N) is 2. The van der Waals surface area contributed by atoms with Crippen LogP contribution in [0.15, 0.2) is 46.9 Å². The highest BCUT2D eigenvalue weighted by Crippen LogP contribution is 2.25. The number of aryl methyl sites for hydroxylation is 1. The summed E-state index contributed by atoms with van der Waals surface area (Å²) in [7, 11) is 0. The molecule has 4 amide bonds. The van der Waals surface area contributed by atoms with E-state index < -0.39 is 0 Å². The molecule has 28 heavy (non-hydrogen) atoms. The lowest BCUT2D eigenvalue weighted by atomic mass is 10.1. The SMILES string of the molecule is Cc1cccc(CCNC(=O)NCCCN2C(=O)c3ccc(Br)cc3C2=O)c1. The van der Waals surface area contributed by atoms with Crippen LogP contribution in [-0.4, -0.2) is 42.4 Å². The molecule has 0 spiro atoms. The number of hydrogen-bond acceptors (Lipinski definition) is 3. The first-order valence-electron chi connectivity index (χ1n) is 9.18. The number of amides is 4. The second-order valence-corrected chi connectivity index (χ2v) is 7.64. The Balaban J connectivity index is 1.37. The maximum atomic E-state index is 12.4. The standard InChI is InChI=1S/C21H22BrN3O3/c1-14-4-2-5-15(12-14)8-10-24-21(28)23-9-3-11-25-19(26)17-7-6-16(22)13-18(17)20(25)27/h2,4-7,12-13H,3,8-11H2,1H3,(H2,23,24,28). The highest BCUT2D eigenvalue weighted by atomic mass is 79.9. The molecule has 0 aromatic heterocycles. The van der Waals surface area contributed by atoms with Crippen molar-refractivity contribution >= 4 is 33.8 Å². The number of fused-ring (bicyclic) bond motifs is 1. The zero-order valence-electron chi connectivity index (χ0n) is 15.6. The fourth-order valence-corrected chi connectivity index (χ4v) is 3.52. The van der Waals surface area contributed by atoms with E-state index in [1.54, 1.807) is 18.2 Å². The van der Waals surface area contributed by atoms with Crippen LogP contribution in [0.5, 0.6) is 0 Å². The van der Waals surface area contributed by atoms with E-state index in [9.17, 15) is 14.4 Å². The molecule has 6 nitrogen and oxygen atoms in total. The largest absolute Gasteiger partial charge is 0.338 e. The molecule has 0 saturated carbocycles. The van der Waals surface area contributed by atoms with E-state index in [1.165, 1.54) is 16.0 Å². The van der Waals surface area contributed by atoms with E-state index in [4.69, 9.17) is 0 Å². The Hall–Kier alpha value is -2.67. The number of nitrogens with zero attached hydrogens (tertiary/aromatic N) is 1. The number of rotatable bonds is 7. The molecular weight excluding hydrogens is 422 g/mol. The van der Waals surface area contributed by atoms with Crippen LogP contribution in [0.2, 0.25) is 0 Å². The highest BCUT2D eigenvalue weighted by Gasteiger charge is 2.34. The van der Waals surface area contributed by atoms with Crippen molar-refractivity contribution in [3.63, 3.8) is 0 Å². The lowest BCUT2D eigenvalue weighted by Gasteiger charge is -2.14. The molecule has 1 aliphatic heterocycles. The summed E-state index contributed by atoms with van der Waals surface area (Å²) in [5.74, 6) is -0.570. The normalized spacial score (nSPS) is 12.9. The number of hydrogen-bond donors (Lipinski definition) is 2. The van der Waals surface area contributed by atoms with Gasteiger partial charge in [-0.3, -0.25) is 14.5 Å². The predicted octanol–water partition coefficient (Wildman–Crippen LogP) is 3.29. The summed E-state index contributed by atoms with van der Waals surface area (Å²) in [6, 6.07) is 13.0. The molecule has 146 valence electrons. The van der Waals surface area contributed by atoms with Gasteiger partial charge in [-0.1, -0.05) is 45.8 Å². The topological polar surface area (TPSA) is 78.5 Å². The van der Waals surface area contributed by atoms with Crippen LogP contribution in [0, 0.1) is 6.92 Å². The Kier molecular flexibility index (Phi) is 6.46. The van der Waals surface area contributed by atoms with Crippen molar-refractivity contribution in [1.82, 2.24) is 15.5 Å². The van der Waals surface area contributed by atoms with Gasteiger partial charge < -0.3 is 10.6 Å². The first-order chi connectivity index (χ1) is 13.5. The molecule has 1 aliphatic rings. The summed E-state index contributed by atoms with van der Waals surface area (Å²) in [6.07, 6.45) is 1.26. The number of carbonyl (C=O) groups is 3. The van der Waals surface area contributed by atoms with Gasteiger partial charge in [0.05, 0.1) is 11.1 Å². The van der Waals surface area contributed by atoms with Gasteiger partial charge in [0, 0.05) is 24.1 Å². The minimum absolute atomic E-state index is 0.251. The quantitative estimate of drug-likeness (QED) is 0.508. The minimum atomic E-state index is -0.288. The van der Waals surface area contributed by atoms with Crippen molar-refractivity contribution < 1.29 is 14.4 Å². The van der Waals surface area contributed by atoms with Gasteiger partial charge in [-0.15, -0.1) is 0 Å². The highest BCUT2D eigenvalue weighted by molar-refractivity contribution is 9.10. The van der Waals surface area contributed by atoms with Crippen LogP contribution in [0.25, 0.3) is 0 Å². The minimum Gasteiger partial charge on any atom is -0.338 e. The monoisotopic (exact) mass is 443 g/mol. The summed E-state index contributed by atoms with van der Waals surface area (Å²) in [5, 5.41) is 5.57. The van der Waals surface area contributed by atoms with Crippen LogP contribution >= 0.6 is 15.9 Å². The third kappa shape index (κ3) is 4.78. The predicted molar refractivity (Wildman–Crippen MR) is 110 cm³/mol. The molecule has 0 radical (unpaired) electrons. The van der Waals surface area contributed by atoms with Gasteiger partial charge in [-0.25, -0.2) is 4.79 Å². The van der Waals surface area contributed by atoms with Crippen LogP contribution in [0.1, 0.15) is 38.3 Å². The molecule has 2 aromatic carbocycles. The van der Waals surface area contributed by atoms with E-state index in [0.717, 1.165) is 10.9 Å². The fraction of sp³-hybridized carbons (Fsp3) is 0.286. The smallest absolute Gasteiger partial charge is 0.314 e. The zero-order valence-corrected chi connectivity index (χ0v) is 17.2. The second kappa shape index (κ2) is 9.01. The average Bonchev–Trinajstić information content (AvgIpc) is 2.89. The summed E-state index contributed by atoms with van der Waals surface area (Å²) >= 11 is 3.31. The number of urea groups is 1. The molecule has 0 fully saturated rings. The van der Waals surface area contributed by atoms with E-state index in [0.29, 0.717) is 30.6 Å². The molecule has 2 aromatic rings. The van der Waals surface area contributed by atoms with Crippen LogP contribution in [-0.2, 0) is 6.42 Å².